The second kappa shape index (κ2) is 13.3. The molecule has 0 amide bonds. The summed E-state index contributed by atoms with van der Waals surface area (Å²) in [4.78, 5) is 15.7. The van der Waals surface area contributed by atoms with Gasteiger partial charge < -0.3 is 0 Å². The van der Waals surface area contributed by atoms with E-state index in [0.717, 1.165) is 12.8 Å². The molecule has 1 unspecified atom stereocenters. The Balaban J connectivity index is 1.97. The van der Waals surface area contributed by atoms with Crippen LogP contribution in [0, 0.1) is 5.92 Å². The van der Waals surface area contributed by atoms with E-state index in [2.05, 4.69) is 17.0 Å². The second-order valence-corrected chi connectivity index (χ2v) is 6.75. The van der Waals surface area contributed by atoms with Crippen molar-refractivity contribution in [3.8, 4) is 0 Å². The number of nitrogens with zero attached hydrogens (tertiary/aromatic N) is 3. The molecule has 0 aliphatic carbocycles. The van der Waals surface area contributed by atoms with E-state index in [-0.39, 0.29) is 11.7 Å². The minimum Gasteiger partial charge on any atom is -0.300 e. The van der Waals surface area contributed by atoms with Crippen LogP contribution in [0.4, 0.5) is 0 Å². The first-order valence-electron chi connectivity index (χ1n) is 9.57. The smallest absolute Gasteiger partial charge is 0.137 e. The van der Waals surface area contributed by atoms with E-state index in [1.807, 2.05) is 0 Å². The lowest BCUT2D eigenvalue weighted by atomic mass is 9.96. The molecule has 0 fully saturated rings. The fourth-order valence-electron chi connectivity index (χ4n) is 3.03. The minimum absolute atomic E-state index is 0.0928. The molecule has 0 aliphatic rings. The summed E-state index contributed by atoms with van der Waals surface area (Å²) in [5.41, 5.74) is 0. The number of unbranched alkanes of at least 4 members (excludes halogenated alkanes) is 10. The Hall–Kier alpha value is -1.19. The summed E-state index contributed by atoms with van der Waals surface area (Å²) < 4.78 is 1.77. The number of carbonyl (C=O) groups excluding carboxylic acids is 1. The van der Waals surface area contributed by atoms with Crippen molar-refractivity contribution in [2.45, 2.75) is 97.4 Å². The monoisotopic (exact) mass is 321 g/mol. The van der Waals surface area contributed by atoms with Gasteiger partial charge in [0.05, 0.1) is 6.54 Å². The van der Waals surface area contributed by atoms with Crippen molar-refractivity contribution < 1.29 is 4.79 Å². The molecule has 4 nitrogen and oxygen atoms in total. The summed E-state index contributed by atoms with van der Waals surface area (Å²) in [5, 5.41) is 4.10. The lowest BCUT2D eigenvalue weighted by molar-refractivity contribution is -0.121. The molecule has 0 N–H and O–H groups in total. The van der Waals surface area contributed by atoms with E-state index in [0.29, 0.717) is 6.54 Å². The first-order chi connectivity index (χ1) is 11.2. The summed E-state index contributed by atoms with van der Waals surface area (Å²) in [7, 11) is 0. The SMILES string of the molecule is CCCCCCCCCCCCCC(Cn1cncn1)C(C)=O. The Bertz CT molecular complexity index is 389. The van der Waals surface area contributed by atoms with Crippen LogP contribution in [0.5, 0.6) is 0 Å². The van der Waals surface area contributed by atoms with Crippen LogP contribution in [0.25, 0.3) is 0 Å². The second-order valence-electron chi connectivity index (χ2n) is 6.75. The third kappa shape index (κ3) is 10.2. The largest absolute Gasteiger partial charge is 0.300 e. The number of hydrogen-bond donors (Lipinski definition) is 0. The molecule has 0 radical (unpaired) electrons. The summed E-state index contributed by atoms with van der Waals surface area (Å²) >= 11 is 0. The highest BCUT2D eigenvalue weighted by Crippen LogP contribution is 2.16. The Morgan fingerprint density at radius 2 is 1.52 bits per heavy atom. The van der Waals surface area contributed by atoms with Crippen LogP contribution in [-0.2, 0) is 11.3 Å². The topological polar surface area (TPSA) is 47.8 Å². The molecular weight excluding hydrogens is 286 g/mol. The van der Waals surface area contributed by atoms with Gasteiger partial charge >= 0.3 is 0 Å². The third-order valence-electron chi connectivity index (χ3n) is 4.61. The number of carbonyl (C=O) groups is 1. The molecule has 0 spiro atoms. The molecule has 1 atom stereocenters. The lowest BCUT2D eigenvalue weighted by Gasteiger charge is -2.13. The number of ketones is 1. The van der Waals surface area contributed by atoms with Crippen LogP contribution in [0.15, 0.2) is 12.7 Å². The molecule has 132 valence electrons. The van der Waals surface area contributed by atoms with Gasteiger partial charge in [-0.15, -0.1) is 0 Å². The Labute approximate surface area is 142 Å². The first-order valence-corrected chi connectivity index (χ1v) is 9.57. The number of Topliss-reactive ketones (excluding diaryl/α,β-unsaturated/α-hetero) is 1. The Morgan fingerprint density at radius 3 is 2.00 bits per heavy atom. The molecule has 0 saturated heterocycles. The van der Waals surface area contributed by atoms with E-state index in [1.165, 1.54) is 70.5 Å². The first kappa shape index (κ1) is 19.9. The summed E-state index contributed by atoms with van der Waals surface area (Å²) in [6.07, 6.45) is 19.0. The zero-order chi connectivity index (χ0) is 16.8. The fourth-order valence-corrected chi connectivity index (χ4v) is 3.03. The normalized spacial score (nSPS) is 12.4. The number of hydrogen-bond acceptors (Lipinski definition) is 3. The van der Waals surface area contributed by atoms with Gasteiger partial charge in [0.1, 0.15) is 18.4 Å². The highest BCUT2D eigenvalue weighted by Gasteiger charge is 2.14. The van der Waals surface area contributed by atoms with E-state index < -0.39 is 0 Å². The van der Waals surface area contributed by atoms with Crippen molar-refractivity contribution in [3.63, 3.8) is 0 Å². The highest BCUT2D eigenvalue weighted by molar-refractivity contribution is 5.78. The van der Waals surface area contributed by atoms with Gasteiger partial charge in [0, 0.05) is 5.92 Å². The molecule has 1 aromatic heterocycles. The van der Waals surface area contributed by atoms with Gasteiger partial charge in [-0.25, -0.2) is 4.98 Å². The maximum absolute atomic E-state index is 11.7. The third-order valence-corrected chi connectivity index (χ3v) is 4.61. The number of aromatic nitrogens is 3. The quantitative estimate of drug-likeness (QED) is 0.418. The lowest BCUT2D eigenvalue weighted by Crippen LogP contribution is -2.18. The zero-order valence-electron chi connectivity index (χ0n) is 15.2. The molecular formula is C19H35N3O. The molecule has 0 aromatic carbocycles. The van der Waals surface area contributed by atoms with Crippen molar-refractivity contribution in [1.82, 2.24) is 14.8 Å². The average Bonchev–Trinajstić information content (AvgIpc) is 3.04. The van der Waals surface area contributed by atoms with Crippen molar-refractivity contribution in [3.05, 3.63) is 12.7 Å². The zero-order valence-corrected chi connectivity index (χ0v) is 15.2. The standard InChI is InChI=1S/C19H35N3O/c1-3-4-5-6-7-8-9-10-11-12-13-14-19(18(2)23)15-22-17-20-16-21-22/h16-17,19H,3-15H2,1-2H3. The fraction of sp³-hybridized carbons (Fsp3) is 0.842. The van der Waals surface area contributed by atoms with Crippen molar-refractivity contribution in [2.75, 3.05) is 0 Å². The van der Waals surface area contributed by atoms with Crippen LogP contribution in [0.2, 0.25) is 0 Å². The van der Waals surface area contributed by atoms with E-state index >= 15 is 0 Å². The van der Waals surface area contributed by atoms with Gasteiger partial charge in [-0.3, -0.25) is 9.48 Å². The van der Waals surface area contributed by atoms with E-state index in [1.54, 1.807) is 17.9 Å². The van der Waals surface area contributed by atoms with Crippen LogP contribution in [0.1, 0.15) is 90.9 Å². The molecule has 0 bridgehead atoms. The molecule has 0 aliphatic heterocycles. The van der Waals surface area contributed by atoms with Gasteiger partial charge in [0.25, 0.3) is 0 Å². The average molecular weight is 322 g/mol. The molecule has 1 heterocycles. The molecule has 23 heavy (non-hydrogen) atoms. The number of rotatable bonds is 15. The Morgan fingerprint density at radius 1 is 0.957 bits per heavy atom. The molecule has 4 heteroatoms. The maximum atomic E-state index is 11.7. The highest BCUT2D eigenvalue weighted by atomic mass is 16.1. The van der Waals surface area contributed by atoms with Crippen LogP contribution >= 0.6 is 0 Å². The van der Waals surface area contributed by atoms with E-state index in [4.69, 9.17) is 0 Å². The van der Waals surface area contributed by atoms with E-state index in [9.17, 15) is 4.79 Å². The summed E-state index contributed by atoms with van der Waals surface area (Å²) in [6, 6.07) is 0. The summed E-state index contributed by atoms with van der Waals surface area (Å²) in [6.45, 7) is 4.63. The van der Waals surface area contributed by atoms with Gasteiger partial charge in [-0.2, -0.15) is 5.10 Å². The van der Waals surface area contributed by atoms with Gasteiger partial charge in [-0.1, -0.05) is 77.6 Å². The van der Waals surface area contributed by atoms with Crippen molar-refractivity contribution in [2.24, 2.45) is 5.92 Å². The predicted octanol–water partition coefficient (Wildman–Crippen LogP) is 5.18. The van der Waals surface area contributed by atoms with Crippen molar-refractivity contribution >= 4 is 5.78 Å². The maximum Gasteiger partial charge on any atom is 0.137 e. The van der Waals surface area contributed by atoms with Crippen LogP contribution in [0.3, 0.4) is 0 Å². The van der Waals surface area contributed by atoms with Gasteiger partial charge in [0.15, 0.2) is 0 Å². The minimum atomic E-state index is 0.0928. The molecule has 1 aromatic rings. The van der Waals surface area contributed by atoms with Crippen LogP contribution in [-0.4, -0.2) is 20.5 Å². The molecule has 1 rings (SSSR count). The van der Waals surface area contributed by atoms with Gasteiger partial charge in [-0.05, 0) is 13.3 Å². The molecule has 0 saturated carbocycles. The Kier molecular flexibility index (Phi) is 11.5. The van der Waals surface area contributed by atoms with Gasteiger partial charge in [0.2, 0.25) is 0 Å². The van der Waals surface area contributed by atoms with Crippen molar-refractivity contribution in [1.29, 1.82) is 0 Å². The predicted molar refractivity (Wildman–Crippen MR) is 95.3 cm³/mol. The summed E-state index contributed by atoms with van der Waals surface area (Å²) in [5.74, 6) is 0.364. The van der Waals surface area contributed by atoms with Crippen LogP contribution < -0.4 is 0 Å².